The van der Waals surface area contributed by atoms with Gasteiger partial charge in [-0.3, -0.25) is 0 Å². The minimum Gasteiger partial charge on any atom is -0.508 e. The van der Waals surface area contributed by atoms with Crippen molar-refractivity contribution in [1.29, 1.82) is 0 Å². The predicted octanol–water partition coefficient (Wildman–Crippen LogP) is 1.23. The van der Waals surface area contributed by atoms with Crippen molar-refractivity contribution in [2.45, 2.75) is 23.6 Å². The van der Waals surface area contributed by atoms with Crippen molar-refractivity contribution in [1.82, 2.24) is 8.61 Å². The zero-order valence-corrected chi connectivity index (χ0v) is 18.1. The fourth-order valence-corrected chi connectivity index (χ4v) is 5.90. The maximum Gasteiger partial charge on any atom is 0.246 e. The van der Waals surface area contributed by atoms with Crippen LogP contribution in [-0.2, 0) is 20.0 Å². The molecule has 0 aromatic heterocycles. The molecule has 0 spiro atoms. The highest BCUT2D eigenvalue weighted by atomic mass is 32.2. The van der Waals surface area contributed by atoms with Crippen LogP contribution in [0.2, 0.25) is 0 Å². The van der Waals surface area contributed by atoms with Gasteiger partial charge < -0.3 is 20.4 Å². The lowest BCUT2D eigenvalue weighted by molar-refractivity contribution is 0.355. The summed E-state index contributed by atoms with van der Waals surface area (Å²) in [5.74, 6) is -1.79. The first-order valence-electron chi connectivity index (χ1n) is 8.99. The van der Waals surface area contributed by atoms with Crippen LogP contribution in [0.25, 0.3) is 0 Å². The molecule has 2 aromatic carbocycles. The molecule has 30 heavy (non-hydrogen) atoms. The van der Waals surface area contributed by atoms with Crippen LogP contribution in [0.4, 0.5) is 0 Å². The summed E-state index contributed by atoms with van der Waals surface area (Å²) < 4.78 is 53.4. The van der Waals surface area contributed by atoms with Crippen LogP contribution >= 0.6 is 0 Å². The van der Waals surface area contributed by atoms with E-state index in [0.717, 1.165) is 45.0 Å². The average molecular weight is 461 g/mol. The van der Waals surface area contributed by atoms with Crippen LogP contribution < -0.4 is 0 Å². The fraction of sp³-hybridized carbons (Fsp3) is 0.333. The number of sulfonamides is 2. The van der Waals surface area contributed by atoms with Crippen LogP contribution in [0.15, 0.2) is 46.2 Å². The Morgan fingerprint density at radius 2 is 1.00 bits per heavy atom. The summed E-state index contributed by atoms with van der Waals surface area (Å²) in [5.41, 5.74) is 0. The molecular formula is C18H24N2O8S2. The first-order valence-corrected chi connectivity index (χ1v) is 11.9. The van der Waals surface area contributed by atoms with E-state index in [0.29, 0.717) is 0 Å². The number of benzene rings is 2. The van der Waals surface area contributed by atoms with Gasteiger partial charge in [0, 0.05) is 38.3 Å². The summed E-state index contributed by atoms with van der Waals surface area (Å²) in [6.45, 7) is 2.55. The monoisotopic (exact) mass is 460 g/mol. The van der Waals surface area contributed by atoms with Gasteiger partial charge in [0.05, 0.1) is 0 Å². The highest BCUT2D eigenvalue weighted by Crippen LogP contribution is 2.31. The maximum atomic E-state index is 12.9. The first kappa shape index (κ1) is 23.7. The number of rotatable bonds is 9. The van der Waals surface area contributed by atoms with Gasteiger partial charge in [-0.05, 0) is 24.3 Å². The first-order chi connectivity index (χ1) is 13.9. The minimum absolute atomic E-state index is 0.0214. The molecule has 12 heteroatoms. The number of phenols is 4. The second-order valence-electron chi connectivity index (χ2n) is 6.30. The van der Waals surface area contributed by atoms with Crippen LogP contribution in [0.1, 0.15) is 13.8 Å². The van der Waals surface area contributed by atoms with Crippen LogP contribution in [0.5, 0.6) is 23.0 Å². The van der Waals surface area contributed by atoms with Crippen molar-refractivity contribution in [2.75, 3.05) is 26.2 Å². The van der Waals surface area contributed by atoms with Crippen LogP contribution in [0.3, 0.4) is 0 Å². The lowest BCUT2D eigenvalue weighted by Gasteiger charge is -2.26. The fourth-order valence-electron chi connectivity index (χ4n) is 2.82. The maximum absolute atomic E-state index is 12.9. The van der Waals surface area contributed by atoms with Crippen molar-refractivity contribution in [2.24, 2.45) is 0 Å². The zero-order chi connectivity index (χ0) is 22.7. The van der Waals surface area contributed by atoms with Crippen molar-refractivity contribution < 1.29 is 37.3 Å². The van der Waals surface area contributed by atoms with Gasteiger partial charge in [0.2, 0.25) is 20.0 Å². The topological polar surface area (TPSA) is 156 Å². The highest BCUT2D eigenvalue weighted by molar-refractivity contribution is 7.89. The normalized spacial score (nSPS) is 12.5. The van der Waals surface area contributed by atoms with Gasteiger partial charge >= 0.3 is 0 Å². The molecule has 0 unspecified atom stereocenters. The molecule has 2 rings (SSSR count). The summed E-state index contributed by atoms with van der Waals surface area (Å²) >= 11 is 0. The number of nitrogens with zero attached hydrogens (tertiary/aromatic N) is 2. The summed E-state index contributed by atoms with van der Waals surface area (Å²) in [5, 5.41) is 38.9. The Labute approximate surface area is 175 Å². The summed E-state index contributed by atoms with van der Waals surface area (Å²) in [7, 11) is -8.44. The van der Waals surface area contributed by atoms with Crippen molar-refractivity contribution >= 4 is 20.0 Å². The van der Waals surface area contributed by atoms with E-state index in [2.05, 4.69) is 0 Å². The Morgan fingerprint density at radius 3 is 1.30 bits per heavy atom. The van der Waals surface area contributed by atoms with Gasteiger partial charge in [-0.1, -0.05) is 13.8 Å². The molecule has 0 fully saturated rings. The second kappa shape index (κ2) is 9.08. The SMILES string of the molecule is CCN(CCN(CC)S(=O)(=O)c1cc(O)ccc1O)S(=O)(=O)c1cc(O)ccc1O. The van der Waals surface area contributed by atoms with Gasteiger partial charge in [-0.2, -0.15) is 8.61 Å². The Kier molecular flexibility index (Phi) is 7.18. The Bertz CT molecular complexity index is 1030. The molecule has 0 aliphatic carbocycles. The summed E-state index contributed by atoms with van der Waals surface area (Å²) in [6, 6.07) is 6.18. The van der Waals surface area contributed by atoms with Gasteiger partial charge in [-0.25, -0.2) is 16.8 Å². The highest BCUT2D eigenvalue weighted by Gasteiger charge is 2.30. The molecule has 0 radical (unpaired) electrons. The van der Waals surface area contributed by atoms with Crippen molar-refractivity contribution in [3.05, 3.63) is 36.4 Å². The largest absolute Gasteiger partial charge is 0.508 e. The predicted molar refractivity (Wildman–Crippen MR) is 108 cm³/mol. The Morgan fingerprint density at radius 1 is 0.667 bits per heavy atom. The molecule has 0 heterocycles. The lowest BCUT2D eigenvalue weighted by Crippen LogP contribution is -2.41. The number of hydrogen-bond donors (Lipinski definition) is 4. The Balaban J connectivity index is 2.31. The van der Waals surface area contributed by atoms with Crippen molar-refractivity contribution in [3.8, 4) is 23.0 Å². The molecule has 0 atom stereocenters. The third-order valence-electron chi connectivity index (χ3n) is 4.43. The van der Waals surface area contributed by atoms with E-state index < -0.39 is 41.3 Å². The van der Waals surface area contributed by atoms with E-state index in [9.17, 15) is 37.3 Å². The van der Waals surface area contributed by atoms with E-state index in [-0.39, 0.29) is 37.7 Å². The van der Waals surface area contributed by atoms with E-state index in [1.807, 2.05) is 0 Å². The smallest absolute Gasteiger partial charge is 0.246 e. The van der Waals surface area contributed by atoms with E-state index in [4.69, 9.17) is 0 Å². The molecule has 0 aliphatic rings. The quantitative estimate of drug-likeness (QED) is 0.407. The van der Waals surface area contributed by atoms with Crippen LogP contribution in [0, 0.1) is 0 Å². The molecule has 0 amide bonds. The third kappa shape index (κ3) is 4.78. The molecule has 0 saturated heterocycles. The lowest BCUT2D eigenvalue weighted by atomic mass is 10.3. The average Bonchev–Trinajstić information content (AvgIpc) is 2.68. The van der Waals surface area contributed by atoms with E-state index >= 15 is 0 Å². The zero-order valence-electron chi connectivity index (χ0n) is 16.4. The molecule has 2 aromatic rings. The molecular weight excluding hydrogens is 436 g/mol. The number of phenolic OH excluding ortho intramolecular Hbond substituents is 4. The third-order valence-corrected chi connectivity index (χ3v) is 8.43. The van der Waals surface area contributed by atoms with Gasteiger partial charge in [0.15, 0.2) is 0 Å². The van der Waals surface area contributed by atoms with Crippen LogP contribution in [-0.4, -0.2) is 72.1 Å². The number of aromatic hydroxyl groups is 4. The number of likely N-dealkylation sites (N-methyl/N-ethyl adjacent to an activating group) is 2. The molecule has 4 N–H and O–H groups in total. The molecule has 0 saturated carbocycles. The standard InChI is InChI=1S/C18H24N2O8S2/c1-3-19(29(25,26)17-11-13(21)5-7-15(17)23)9-10-20(4-2)30(27,28)18-12-14(22)6-8-16(18)24/h5-8,11-12,21-24H,3-4,9-10H2,1-2H3. The van der Waals surface area contributed by atoms with Gasteiger partial charge in [-0.15, -0.1) is 0 Å². The summed E-state index contributed by atoms with van der Waals surface area (Å²) in [4.78, 5) is -0.998. The van der Waals surface area contributed by atoms with Gasteiger partial charge in [0.1, 0.15) is 32.8 Å². The molecule has 0 aliphatic heterocycles. The summed E-state index contributed by atoms with van der Waals surface area (Å²) in [6.07, 6.45) is 0. The molecule has 10 nitrogen and oxygen atoms in total. The number of hydrogen-bond acceptors (Lipinski definition) is 8. The Hall–Kier alpha value is -2.54. The van der Waals surface area contributed by atoms with E-state index in [1.54, 1.807) is 13.8 Å². The molecule has 0 bridgehead atoms. The van der Waals surface area contributed by atoms with Crippen molar-refractivity contribution in [3.63, 3.8) is 0 Å². The van der Waals surface area contributed by atoms with E-state index in [1.165, 1.54) is 0 Å². The molecule has 166 valence electrons. The minimum atomic E-state index is -4.22. The van der Waals surface area contributed by atoms with Gasteiger partial charge in [0.25, 0.3) is 0 Å². The second-order valence-corrected chi connectivity index (χ2v) is 10.1.